The Balaban J connectivity index is 0.00000264. The third kappa shape index (κ3) is 5.21. The van der Waals surface area contributed by atoms with E-state index in [9.17, 15) is 4.79 Å². The lowest BCUT2D eigenvalue weighted by Crippen LogP contribution is -2.40. The number of hydrogen-bond acceptors (Lipinski definition) is 4. The number of likely N-dealkylation sites (tertiary alicyclic amines) is 1. The molecule has 6 heteroatoms. The van der Waals surface area contributed by atoms with E-state index in [4.69, 9.17) is 4.52 Å². The van der Waals surface area contributed by atoms with Crippen molar-refractivity contribution in [3.8, 4) is 0 Å². The Morgan fingerprint density at radius 1 is 1.35 bits per heavy atom. The molecular formula is C17H30ClN3O2. The fourth-order valence-corrected chi connectivity index (χ4v) is 3.13. The van der Waals surface area contributed by atoms with Crippen LogP contribution in [-0.4, -0.2) is 42.1 Å². The second kappa shape index (κ2) is 9.93. The van der Waals surface area contributed by atoms with Gasteiger partial charge in [0.15, 0.2) is 0 Å². The molecule has 0 atom stereocenters. The average molecular weight is 344 g/mol. The number of hydrogen-bond donors (Lipinski definition) is 1. The zero-order chi connectivity index (χ0) is 15.9. The van der Waals surface area contributed by atoms with Crippen LogP contribution in [0.15, 0.2) is 10.6 Å². The molecule has 1 saturated heterocycles. The summed E-state index contributed by atoms with van der Waals surface area (Å²) in [5.74, 6) is 1.45. The molecule has 0 aliphatic carbocycles. The highest BCUT2D eigenvalue weighted by atomic mass is 35.5. The fraction of sp³-hybridized carbons (Fsp3) is 0.765. The molecule has 0 unspecified atom stereocenters. The smallest absolute Gasteiger partial charge is 0.292 e. The first-order valence-corrected chi connectivity index (χ1v) is 8.66. The molecule has 2 rings (SSSR count). The lowest BCUT2D eigenvalue weighted by atomic mass is 9.96. The van der Waals surface area contributed by atoms with Crippen LogP contribution in [0.5, 0.6) is 0 Å². The summed E-state index contributed by atoms with van der Waals surface area (Å²) in [5, 5.41) is 7.49. The average Bonchev–Trinajstić information content (AvgIpc) is 3.04. The molecule has 23 heavy (non-hydrogen) atoms. The van der Waals surface area contributed by atoms with Crippen molar-refractivity contribution in [1.82, 2.24) is 15.4 Å². The summed E-state index contributed by atoms with van der Waals surface area (Å²) >= 11 is 0. The summed E-state index contributed by atoms with van der Waals surface area (Å²) in [6.07, 6.45) is 4.16. The topological polar surface area (TPSA) is 58.4 Å². The van der Waals surface area contributed by atoms with E-state index in [1.807, 2.05) is 11.0 Å². The van der Waals surface area contributed by atoms with Gasteiger partial charge < -0.3 is 14.7 Å². The van der Waals surface area contributed by atoms with Crippen LogP contribution in [0.25, 0.3) is 0 Å². The van der Waals surface area contributed by atoms with E-state index < -0.39 is 0 Å². The lowest BCUT2D eigenvalue weighted by molar-refractivity contribution is 0.0648. The van der Waals surface area contributed by atoms with E-state index in [1.165, 1.54) is 0 Å². The zero-order valence-electron chi connectivity index (χ0n) is 14.5. The molecule has 1 aliphatic heterocycles. The zero-order valence-corrected chi connectivity index (χ0v) is 15.3. The number of nitrogens with zero attached hydrogens (tertiary/aromatic N) is 2. The van der Waals surface area contributed by atoms with Gasteiger partial charge in [-0.2, -0.15) is 0 Å². The highest BCUT2D eigenvalue weighted by molar-refractivity contribution is 5.91. The number of amides is 1. The van der Waals surface area contributed by atoms with E-state index in [0.717, 1.165) is 57.6 Å². The molecule has 0 bridgehead atoms. The second-order valence-electron chi connectivity index (χ2n) is 6.17. The Morgan fingerprint density at radius 3 is 2.57 bits per heavy atom. The predicted molar refractivity (Wildman–Crippen MR) is 94.2 cm³/mol. The van der Waals surface area contributed by atoms with Crippen molar-refractivity contribution in [2.24, 2.45) is 5.92 Å². The van der Waals surface area contributed by atoms with Crippen molar-refractivity contribution in [1.29, 1.82) is 0 Å². The first-order chi connectivity index (χ1) is 10.7. The van der Waals surface area contributed by atoms with Crippen molar-refractivity contribution < 1.29 is 9.32 Å². The highest BCUT2D eigenvalue weighted by Gasteiger charge is 2.26. The summed E-state index contributed by atoms with van der Waals surface area (Å²) < 4.78 is 5.30. The van der Waals surface area contributed by atoms with Crippen molar-refractivity contribution in [2.45, 2.75) is 52.4 Å². The monoisotopic (exact) mass is 343 g/mol. The molecule has 1 aromatic heterocycles. The van der Waals surface area contributed by atoms with Crippen LogP contribution in [0.2, 0.25) is 0 Å². The highest BCUT2D eigenvalue weighted by Crippen LogP contribution is 2.24. The minimum absolute atomic E-state index is 0. The molecule has 0 saturated carbocycles. The number of carbonyl (C=O) groups is 1. The van der Waals surface area contributed by atoms with Gasteiger partial charge in [-0.15, -0.1) is 12.4 Å². The number of aromatic nitrogens is 1. The molecule has 1 amide bonds. The van der Waals surface area contributed by atoms with Gasteiger partial charge in [-0.1, -0.05) is 25.9 Å². The molecular weight excluding hydrogens is 314 g/mol. The summed E-state index contributed by atoms with van der Waals surface area (Å²) in [6.45, 7) is 10.1. The standard InChI is InChI=1S/C17H29N3O2.ClH/c1-4-14(5-2)15-11-16(22-19-15)17(21)20-9-7-13(8-10-20)12-18-6-3;/h11,13-14,18H,4-10,12H2,1-3H3;1H. The molecule has 0 aromatic carbocycles. The largest absolute Gasteiger partial charge is 0.351 e. The molecule has 132 valence electrons. The van der Waals surface area contributed by atoms with Crippen LogP contribution in [0.4, 0.5) is 0 Å². The van der Waals surface area contributed by atoms with Gasteiger partial charge in [0, 0.05) is 25.1 Å². The number of piperidine rings is 1. The quantitative estimate of drug-likeness (QED) is 0.823. The normalized spacial score (nSPS) is 15.7. The molecule has 5 nitrogen and oxygen atoms in total. The maximum Gasteiger partial charge on any atom is 0.292 e. The van der Waals surface area contributed by atoms with Gasteiger partial charge in [-0.3, -0.25) is 4.79 Å². The van der Waals surface area contributed by atoms with Crippen LogP contribution < -0.4 is 5.32 Å². The summed E-state index contributed by atoms with van der Waals surface area (Å²) in [7, 11) is 0. The molecule has 1 N–H and O–H groups in total. The maximum absolute atomic E-state index is 12.5. The van der Waals surface area contributed by atoms with E-state index in [0.29, 0.717) is 17.6 Å². The van der Waals surface area contributed by atoms with Gasteiger partial charge in [0.2, 0.25) is 5.76 Å². The lowest BCUT2D eigenvalue weighted by Gasteiger charge is -2.31. The molecule has 0 radical (unpaired) electrons. The number of halogens is 1. The summed E-state index contributed by atoms with van der Waals surface area (Å²) in [5.41, 5.74) is 0.912. The Kier molecular flexibility index (Phi) is 8.63. The first kappa shape index (κ1) is 20.0. The molecule has 0 spiro atoms. The van der Waals surface area contributed by atoms with Gasteiger partial charge in [0.05, 0.1) is 5.69 Å². The molecule has 1 fully saturated rings. The van der Waals surface area contributed by atoms with Crippen LogP contribution >= 0.6 is 12.4 Å². The van der Waals surface area contributed by atoms with Gasteiger partial charge >= 0.3 is 0 Å². The molecule has 1 aliphatic rings. The third-order valence-electron chi connectivity index (χ3n) is 4.73. The van der Waals surface area contributed by atoms with Gasteiger partial charge in [0.25, 0.3) is 5.91 Å². The molecule has 1 aromatic rings. The van der Waals surface area contributed by atoms with E-state index >= 15 is 0 Å². The van der Waals surface area contributed by atoms with Crippen molar-refractivity contribution >= 4 is 18.3 Å². The van der Waals surface area contributed by atoms with Crippen LogP contribution in [0.3, 0.4) is 0 Å². The van der Waals surface area contributed by atoms with Gasteiger partial charge in [0.1, 0.15) is 0 Å². The van der Waals surface area contributed by atoms with Gasteiger partial charge in [-0.25, -0.2) is 0 Å². The minimum atomic E-state index is -0.00777. The Bertz CT molecular complexity index is 466. The van der Waals surface area contributed by atoms with E-state index in [1.54, 1.807) is 0 Å². The molecule has 2 heterocycles. The van der Waals surface area contributed by atoms with Crippen LogP contribution in [0, 0.1) is 5.92 Å². The minimum Gasteiger partial charge on any atom is -0.351 e. The summed E-state index contributed by atoms with van der Waals surface area (Å²) in [4.78, 5) is 14.4. The number of rotatable bonds is 7. The Hall–Kier alpha value is -1.07. The van der Waals surface area contributed by atoms with Gasteiger partial charge in [-0.05, 0) is 44.7 Å². The SMILES string of the molecule is CCNCC1CCN(C(=O)c2cc(C(CC)CC)no2)CC1.Cl. The van der Waals surface area contributed by atoms with Crippen molar-refractivity contribution in [3.05, 3.63) is 17.5 Å². The number of nitrogens with one attached hydrogen (secondary N) is 1. The van der Waals surface area contributed by atoms with Crippen molar-refractivity contribution in [2.75, 3.05) is 26.2 Å². The third-order valence-corrected chi connectivity index (χ3v) is 4.73. The first-order valence-electron chi connectivity index (χ1n) is 8.66. The second-order valence-corrected chi connectivity index (χ2v) is 6.17. The van der Waals surface area contributed by atoms with E-state index in [-0.39, 0.29) is 18.3 Å². The number of carbonyl (C=O) groups excluding carboxylic acids is 1. The van der Waals surface area contributed by atoms with Crippen LogP contribution in [-0.2, 0) is 0 Å². The maximum atomic E-state index is 12.5. The van der Waals surface area contributed by atoms with Crippen LogP contribution in [0.1, 0.15) is 68.6 Å². The van der Waals surface area contributed by atoms with Crippen molar-refractivity contribution in [3.63, 3.8) is 0 Å². The Labute approximate surface area is 145 Å². The summed E-state index contributed by atoms with van der Waals surface area (Å²) in [6, 6.07) is 1.84. The predicted octanol–water partition coefficient (Wildman–Crippen LogP) is 3.46. The Morgan fingerprint density at radius 2 is 2.00 bits per heavy atom. The fourth-order valence-electron chi connectivity index (χ4n) is 3.13. The van der Waals surface area contributed by atoms with E-state index in [2.05, 4.69) is 31.2 Å².